The first-order chi connectivity index (χ1) is 8.45. The van der Waals surface area contributed by atoms with Crippen molar-refractivity contribution in [1.29, 1.82) is 0 Å². The van der Waals surface area contributed by atoms with Crippen molar-refractivity contribution >= 4 is 34.9 Å². The monoisotopic (exact) mass is 290 g/mol. The summed E-state index contributed by atoms with van der Waals surface area (Å²) in [5.74, 6) is 0. The van der Waals surface area contributed by atoms with Crippen LogP contribution in [0.5, 0.6) is 0 Å². The number of likely N-dealkylation sites (tertiary alicyclic amines) is 1. The molecule has 0 saturated carbocycles. The highest BCUT2D eigenvalue weighted by Gasteiger charge is 2.32. The summed E-state index contributed by atoms with van der Waals surface area (Å²) in [5.41, 5.74) is 0.466. The number of anilines is 1. The number of urea groups is 1. The van der Waals surface area contributed by atoms with Crippen LogP contribution in [0.15, 0.2) is 18.2 Å². The molecule has 0 radical (unpaired) electrons. The molecule has 2 amide bonds. The predicted octanol–water partition coefficient (Wildman–Crippen LogP) is 1.56. The fourth-order valence-corrected chi connectivity index (χ4v) is 2.29. The van der Waals surface area contributed by atoms with Crippen LogP contribution in [0.1, 0.15) is 0 Å². The van der Waals surface area contributed by atoms with E-state index in [0.717, 1.165) is 0 Å². The van der Waals surface area contributed by atoms with E-state index in [2.05, 4.69) is 5.32 Å². The van der Waals surface area contributed by atoms with Crippen molar-refractivity contribution < 1.29 is 15.0 Å². The number of amides is 2. The molecule has 2 unspecified atom stereocenters. The van der Waals surface area contributed by atoms with Crippen LogP contribution < -0.4 is 5.32 Å². The Labute approximate surface area is 114 Å². The van der Waals surface area contributed by atoms with Crippen LogP contribution in [0.2, 0.25) is 10.0 Å². The molecule has 3 N–H and O–H groups in total. The average Bonchev–Trinajstić information content (AvgIpc) is 2.57. The lowest BCUT2D eigenvalue weighted by Gasteiger charge is -2.16. The molecule has 98 valence electrons. The highest BCUT2D eigenvalue weighted by molar-refractivity contribution is 6.35. The molecule has 2 rings (SSSR count). The van der Waals surface area contributed by atoms with E-state index in [1.165, 1.54) is 4.90 Å². The summed E-state index contributed by atoms with van der Waals surface area (Å²) in [6.07, 6.45) is -1.81. The van der Waals surface area contributed by atoms with E-state index < -0.39 is 18.2 Å². The minimum atomic E-state index is -0.904. The lowest BCUT2D eigenvalue weighted by Crippen LogP contribution is -2.33. The van der Waals surface area contributed by atoms with Gasteiger partial charge in [0.1, 0.15) is 0 Å². The van der Waals surface area contributed by atoms with E-state index >= 15 is 0 Å². The molecule has 5 nitrogen and oxygen atoms in total. The summed E-state index contributed by atoms with van der Waals surface area (Å²) in [7, 11) is 0. The Morgan fingerprint density at radius 2 is 1.67 bits per heavy atom. The number of hydrogen-bond donors (Lipinski definition) is 3. The van der Waals surface area contributed by atoms with Crippen LogP contribution >= 0.6 is 23.2 Å². The van der Waals surface area contributed by atoms with Crippen LogP contribution in [0, 0.1) is 0 Å². The maximum absolute atomic E-state index is 11.8. The van der Waals surface area contributed by atoms with E-state index in [1.54, 1.807) is 18.2 Å². The molecular formula is C11H12Cl2N2O3. The Morgan fingerprint density at radius 3 is 2.17 bits per heavy atom. The molecule has 0 spiro atoms. The Bertz CT molecular complexity index is 439. The molecule has 0 aromatic heterocycles. The number of carbonyl (C=O) groups is 1. The first-order valence-electron chi connectivity index (χ1n) is 5.34. The summed E-state index contributed by atoms with van der Waals surface area (Å²) in [5, 5.41) is 22.1. The Balaban J connectivity index is 2.03. The Hall–Kier alpha value is -1.01. The van der Waals surface area contributed by atoms with Gasteiger partial charge in [0, 0.05) is 15.7 Å². The summed E-state index contributed by atoms with van der Waals surface area (Å²) < 4.78 is 0. The van der Waals surface area contributed by atoms with Gasteiger partial charge in [-0.1, -0.05) is 23.2 Å². The SMILES string of the molecule is O=C(Nc1cc(Cl)cc(Cl)c1)N1CC(O)C(O)C1. The highest BCUT2D eigenvalue weighted by Crippen LogP contribution is 2.23. The largest absolute Gasteiger partial charge is 0.388 e. The van der Waals surface area contributed by atoms with E-state index in [0.29, 0.717) is 15.7 Å². The fourth-order valence-electron chi connectivity index (χ4n) is 1.76. The van der Waals surface area contributed by atoms with Gasteiger partial charge in [-0.3, -0.25) is 0 Å². The van der Waals surface area contributed by atoms with Crippen molar-refractivity contribution in [3.63, 3.8) is 0 Å². The molecule has 1 heterocycles. The third kappa shape index (κ3) is 3.05. The molecule has 18 heavy (non-hydrogen) atoms. The number of aliphatic hydroxyl groups excluding tert-OH is 2. The number of halogens is 2. The zero-order chi connectivity index (χ0) is 13.3. The maximum atomic E-state index is 11.8. The van der Waals surface area contributed by atoms with Gasteiger partial charge in [-0.15, -0.1) is 0 Å². The standard InChI is InChI=1S/C11H12Cl2N2O3/c12-6-1-7(13)3-8(2-6)14-11(18)15-4-9(16)10(17)5-15/h1-3,9-10,16-17H,4-5H2,(H,14,18). The van der Waals surface area contributed by atoms with Crippen molar-refractivity contribution in [1.82, 2.24) is 4.90 Å². The van der Waals surface area contributed by atoms with E-state index in [1.807, 2.05) is 0 Å². The number of aliphatic hydroxyl groups is 2. The van der Waals surface area contributed by atoms with Crippen LogP contribution in [0.25, 0.3) is 0 Å². The second-order valence-electron chi connectivity index (χ2n) is 4.13. The Morgan fingerprint density at radius 1 is 1.17 bits per heavy atom. The molecule has 1 aromatic rings. The summed E-state index contributed by atoms with van der Waals surface area (Å²) in [6, 6.07) is 4.27. The molecule has 1 aliphatic rings. The van der Waals surface area contributed by atoms with Crippen molar-refractivity contribution in [2.75, 3.05) is 18.4 Å². The van der Waals surface area contributed by atoms with Crippen molar-refractivity contribution in [2.24, 2.45) is 0 Å². The van der Waals surface area contributed by atoms with Crippen LogP contribution in [-0.4, -0.2) is 46.4 Å². The number of nitrogens with one attached hydrogen (secondary N) is 1. The molecule has 2 atom stereocenters. The minimum absolute atomic E-state index is 0.0985. The topological polar surface area (TPSA) is 72.8 Å². The lowest BCUT2D eigenvalue weighted by molar-refractivity contribution is 0.0572. The molecule has 1 fully saturated rings. The van der Waals surface area contributed by atoms with E-state index in [4.69, 9.17) is 23.2 Å². The average molecular weight is 291 g/mol. The minimum Gasteiger partial charge on any atom is -0.388 e. The number of nitrogens with zero attached hydrogens (tertiary/aromatic N) is 1. The van der Waals surface area contributed by atoms with Gasteiger partial charge >= 0.3 is 6.03 Å². The number of rotatable bonds is 1. The third-order valence-corrected chi connectivity index (χ3v) is 3.10. The van der Waals surface area contributed by atoms with Crippen molar-refractivity contribution in [2.45, 2.75) is 12.2 Å². The molecule has 1 saturated heterocycles. The number of β-amino-alcohol motifs (C(OH)–C–C–N with tert-alkyl or cyclic N) is 2. The highest BCUT2D eigenvalue weighted by atomic mass is 35.5. The van der Waals surface area contributed by atoms with Crippen LogP contribution in [0.4, 0.5) is 10.5 Å². The fraction of sp³-hybridized carbons (Fsp3) is 0.364. The quantitative estimate of drug-likeness (QED) is 0.735. The van der Waals surface area contributed by atoms with Gasteiger partial charge in [0.25, 0.3) is 0 Å². The number of hydrogen-bond acceptors (Lipinski definition) is 3. The zero-order valence-corrected chi connectivity index (χ0v) is 10.8. The van der Waals surface area contributed by atoms with E-state index in [-0.39, 0.29) is 13.1 Å². The van der Waals surface area contributed by atoms with Gasteiger partial charge in [-0.25, -0.2) is 4.79 Å². The van der Waals surface area contributed by atoms with Gasteiger partial charge in [0.2, 0.25) is 0 Å². The zero-order valence-electron chi connectivity index (χ0n) is 9.31. The number of benzene rings is 1. The molecule has 1 aromatic carbocycles. The second-order valence-corrected chi connectivity index (χ2v) is 5.00. The van der Waals surface area contributed by atoms with Gasteiger partial charge in [0.15, 0.2) is 0 Å². The van der Waals surface area contributed by atoms with Crippen molar-refractivity contribution in [3.8, 4) is 0 Å². The Kier molecular flexibility index (Phi) is 3.97. The third-order valence-electron chi connectivity index (χ3n) is 2.66. The second kappa shape index (κ2) is 5.32. The first kappa shape index (κ1) is 13.4. The van der Waals surface area contributed by atoms with Gasteiger partial charge in [-0.05, 0) is 18.2 Å². The van der Waals surface area contributed by atoms with Crippen molar-refractivity contribution in [3.05, 3.63) is 28.2 Å². The van der Waals surface area contributed by atoms with Crippen LogP contribution in [0.3, 0.4) is 0 Å². The first-order valence-corrected chi connectivity index (χ1v) is 6.09. The summed E-state index contributed by atoms with van der Waals surface area (Å²) in [6.45, 7) is 0.197. The van der Waals surface area contributed by atoms with E-state index in [9.17, 15) is 15.0 Å². The summed E-state index contributed by atoms with van der Waals surface area (Å²) >= 11 is 11.6. The molecule has 1 aliphatic heterocycles. The molecular weight excluding hydrogens is 279 g/mol. The van der Waals surface area contributed by atoms with Gasteiger partial charge < -0.3 is 20.4 Å². The number of carbonyl (C=O) groups excluding carboxylic acids is 1. The summed E-state index contributed by atoms with van der Waals surface area (Å²) in [4.78, 5) is 13.2. The van der Waals surface area contributed by atoms with Gasteiger partial charge in [0.05, 0.1) is 25.3 Å². The van der Waals surface area contributed by atoms with Crippen LogP contribution in [-0.2, 0) is 0 Å². The normalized spacial score (nSPS) is 23.2. The smallest absolute Gasteiger partial charge is 0.322 e. The molecule has 0 bridgehead atoms. The predicted molar refractivity (Wildman–Crippen MR) is 69.1 cm³/mol. The molecule has 0 aliphatic carbocycles. The maximum Gasteiger partial charge on any atom is 0.322 e. The molecule has 7 heteroatoms. The van der Waals surface area contributed by atoms with Gasteiger partial charge in [-0.2, -0.15) is 0 Å². The lowest BCUT2D eigenvalue weighted by atomic mass is 10.3.